The number of rotatable bonds is 4. The van der Waals surface area contributed by atoms with E-state index in [0.717, 1.165) is 10.5 Å². The Morgan fingerprint density at radius 3 is 2.62 bits per heavy atom. The lowest BCUT2D eigenvalue weighted by Gasteiger charge is -2.52. The Labute approximate surface area is 140 Å². The number of fused-ring (bicyclic) bond motifs is 1. The smallest absolute Gasteiger partial charge is 0.330 e. The third-order valence-corrected chi connectivity index (χ3v) is 5.79. The van der Waals surface area contributed by atoms with E-state index >= 15 is 0 Å². The zero-order valence-electron chi connectivity index (χ0n) is 12.7. The monoisotopic (exact) mass is 348 g/mol. The molecule has 0 aliphatic carbocycles. The summed E-state index contributed by atoms with van der Waals surface area (Å²) in [6, 6.07) is 6.89. The van der Waals surface area contributed by atoms with Crippen LogP contribution in [0.4, 0.5) is 0 Å². The standard InChI is InChI=1S/C16H16N2O5S/c1-9-8-24(23)15-12(14(20)18(15)13(9)16(21)22)17-11(19)7-10-5-3-2-4-6-10/h2-6,12-13,15H,1,7-8H2,(H,17,19)(H,21,22)/t12?,13?,15-,24?/m1/s1. The molecule has 24 heavy (non-hydrogen) atoms. The Morgan fingerprint density at radius 1 is 1.33 bits per heavy atom. The molecular formula is C16H16N2O5S. The molecule has 2 N–H and O–H groups in total. The molecule has 1 aromatic rings. The van der Waals surface area contributed by atoms with Gasteiger partial charge in [0, 0.05) is 5.75 Å². The molecule has 1 aromatic carbocycles. The van der Waals surface area contributed by atoms with E-state index in [4.69, 9.17) is 0 Å². The minimum atomic E-state index is -1.48. The second-order valence-electron chi connectivity index (χ2n) is 5.77. The molecule has 0 bridgehead atoms. The number of carboxylic acids is 1. The average Bonchev–Trinajstić information content (AvgIpc) is 2.53. The Hall–Kier alpha value is -2.48. The first-order valence-corrected chi connectivity index (χ1v) is 8.71. The third kappa shape index (κ3) is 2.73. The van der Waals surface area contributed by atoms with Gasteiger partial charge in [-0.15, -0.1) is 0 Å². The Balaban J connectivity index is 1.71. The van der Waals surface area contributed by atoms with E-state index in [1.165, 1.54) is 0 Å². The van der Waals surface area contributed by atoms with Crippen molar-refractivity contribution >= 4 is 28.6 Å². The van der Waals surface area contributed by atoms with Crippen LogP contribution in [0.1, 0.15) is 5.56 Å². The summed E-state index contributed by atoms with van der Waals surface area (Å²) in [5.41, 5.74) is 1.03. The molecule has 2 aliphatic rings. The van der Waals surface area contributed by atoms with E-state index in [1.54, 1.807) is 24.3 Å². The van der Waals surface area contributed by atoms with Gasteiger partial charge in [-0.2, -0.15) is 0 Å². The summed E-state index contributed by atoms with van der Waals surface area (Å²) < 4.78 is 12.2. The highest BCUT2D eigenvalue weighted by atomic mass is 32.2. The number of nitrogens with zero attached hydrogens (tertiary/aromatic N) is 1. The Morgan fingerprint density at radius 2 is 2.00 bits per heavy atom. The number of hydrogen-bond donors (Lipinski definition) is 2. The van der Waals surface area contributed by atoms with Gasteiger partial charge in [0.05, 0.1) is 17.2 Å². The molecule has 0 saturated carbocycles. The average molecular weight is 348 g/mol. The van der Waals surface area contributed by atoms with E-state index < -0.39 is 40.1 Å². The zero-order chi connectivity index (χ0) is 17.4. The van der Waals surface area contributed by atoms with E-state index in [-0.39, 0.29) is 23.7 Å². The van der Waals surface area contributed by atoms with Crippen molar-refractivity contribution in [1.29, 1.82) is 0 Å². The van der Waals surface area contributed by atoms with Crippen molar-refractivity contribution in [3.63, 3.8) is 0 Å². The van der Waals surface area contributed by atoms with Gasteiger partial charge in [0.25, 0.3) is 0 Å². The van der Waals surface area contributed by atoms with Crippen LogP contribution in [0, 0.1) is 0 Å². The van der Waals surface area contributed by atoms with Crippen LogP contribution in [0.2, 0.25) is 0 Å². The summed E-state index contributed by atoms with van der Waals surface area (Å²) in [5.74, 6) is -2.10. The molecule has 2 fully saturated rings. The summed E-state index contributed by atoms with van der Waals surface area (Å²) in [5, 5.41) is 11.0. The summed E-state index contributed by atoms with van der Waals surface area (Å²) >= 11 is 0. The number of aliphatic carboxylic acids is 1. The van der Waals surface area contributed by atoms with Crippen molar-refractivity contribution in [2.24, 2.45) is 0 Å². The van der Waals surface area contributed by atoms with Gasteiger partial charge in [0.1, 0.15) is 11.4 Å². The number of nitrogens with one attached hydrogen (secondary N) is 1. The van der Waals surface area contributed by atoms with Gasteiger partial charge in [-0.3, -0.25) is 13.8 Å². The fourth-order valence-corrected chi connectivity index (χ4v) is 4.68. The van der Waals surface area contributed by atoms with Gasteiger partial charge in [-0.1, -0.05) is 36.9 Å². The predicted molar refractivity (Wildman–Crippen MR) is 86.3 cm³/mol. The first kappa shape index (κ1) is 16.4. The maximum atomic E-state index is 12.3. The van der Waals surface area contributed by atoms with Gasteiger partial charge in [0.2, 0.25) is 11.8 Å². The lowest BCUT2D eigenvalue weighted by Crippen LogP contribution is -2.77. The van der Waals surface area contributed by atoms with Gasteiger partial charge in [-0.05, 0) is 11.1 Å². The van der Waals surface area contributed by atoms with Crippen molar-refractivity contribution in [3.05, 3.63) is 48.0 Å². The summed E-state index contributed by atoms with van der Waals surface area (Å²) in [4.78, 5) is 36.8. The lowest BCUT2D eigenvalue weighted by molar-refractivity contribution is -0.160. The van der Waals surface area contributed by atoms with Crippen molar-refractivity contribution in [1.82, 2.24) is 10.2 Å². The van der Waals surface area contributed by atoms with Crippen molar-refractivity contribution in [2.75, 3.05) is 5.75 Å². The molecule has 2 heterocycles. The van der Waals surface area contributed by atoms with Crippen molar-refractivity contribution < 1.29 is 23.7 Å². The first-order valence-electron chi connectivity index (χ1n) is 7.33. The Kier molecular flexibility index (Phi) is 4.23. The van der Waals surface area contributed by atoms with E-state index in [0.29, 0.717) is 0 Å². The van der Waals surface area contributed by atoms with Gasteiger partial charge >= 0.3 is 5.97 Å². The van der Waals surface area contributed by atoms with Crippen molar-refractivity contribution in [2.45, 2.75) is 23.9 Å². The molecule has 0 spiro atoms. The second-order valence-corrected chi connectivity index (χ2v) is 7.30. The summed E-state index contributed by atoms with van der Waals surface area (Å²) in [6.45, 7) is 3.61. The van der Waals surface area contributed by atoms with Crippen molar-refractivity contribution in [3.8, 4) is 0 Å². The van der Waals surface area contributed by atoms with E-state index in [1.807, 2.05) is 6.07 Å². The molecule has 2 amide bonds. The summed E-state index contributed by atoms with van der Waals surface area (Å²) in [6.07, 6.45) is 0.0963. The lowest BCUT2D eigenvalue weighted by atomic mass is 9.98. The third-order valence-electron chi connectivity index (χ3n) is 4.10. The minimum absolute atomic E-state index is 0.0104. The van der Waals surface area contributed by atoms with Crippen LogP contribution in [-0.4, -0.2) is 55.2 Å². The van der Waals surface area contributed by atoms with Gasteiger partial charge in [0.15, 0.2) is 6.04 Å². The molecular weight excluding hydrogens is 332 g/mol. The second kappa shape index (κ2) is 6.20. The largest absolute Gasteiger partial charge is 0.479 e. The SMILES string of the molecule is C=C1CS(=O)[C@@H]2C(NC(=O)Cc3ccccc3)C(=O)N2C1C(=O)O. The highest BCUT2D eigenvalue weighted by Crippen LogP contribution is 2.34. The molecule has 2 saturated heterocycles. The van der Waals surface area contributed by atoms with Crippen LogP contribution in [-0.2, 0) is 31.6 Å². The van der Waals surface area contributed by atoms with Crippen LogP contribution in [0.15, 0.2) is 42.5 Å². The quantitative estimate of drug-likeness (QED) is 0.572. The predicted octanol–water partition coefficient (Wildman–Crippen LogP) is -0.346. The van der Waals surface area contributed by atoms with E-state index in [2.05, 4.69) is 11.9 Å². The minimum Gasteiger partial charge on any atom is -0.479 e. The number of carboxylic acid groups (broad SMARTS) is 1. The van der Waals surface area contributed by atoms with Gasteiger partial charge in [-0.25, -0.2) is 4.79 Å². The molecule has 2 aliphatic heterocycles. The maximum Gasteiger partial charge on any atom is 0.330 e. The number of β-lactam (4-membered cyclic amide) rings is 1. The molecule has 4 atom stereocenters. The first-order chi connectivity index (χ1) is 11.4. The van der Waals surface area contributed by atoms with Crippen LogP contribution in [0.3, 0.4) is 0 Å². The number of amides is 2. The molecule has 126 valence electrons. The van der Waals surface area contributed by atoms with Crippen LogP contribution in [0.25, 0.3) is 0 Å². The van der Waals surface area contributed by atoms with Gasteiger partial charge < -0.3 is 15.3 Å². The highest BCUT2D eigenvalue weighted by molar-refractivity contribution is 7.86. The van der Waals surface area contributed by atoms with E-state index in [9.17, 15) is 23.7 Å². The number of benzene rings is 1. The fourth-order valence-electron chi connectivity index (χ4n) is 3.02. The van der Waals surface area contributed by atoms with Crippen LogP contribution in [0.5, 0.6) is 0 Å². The topological polar surface area (TPSA) is 104 Å². The molecule has 0 aromatic heterocycles. The number of hydrogen-bond acceptors (Lipinski definition) is 4. The van der Waals surface area contributed by atoms with Crippen LogP contribution < -0.4 is 5.32 Å². The number of carbonyl (C=O) groups excluding carboxylic acids is 2. The summed E-state index contributed by atoms with van der Waals surface area (Å²) in [7, 11) is -1.48. The molecule has 3 unspecified atom stereocenters. The zero-order valence-corrected chi connectivity index (χ0v) is 13.5. The van der Waals surface area contributed by atoms with Crippen LogP contribution >= 0.6 is 0 Å². The molecule has 3 rings (SSSR count). The fraction of sp³-hybridized carbons (Fsp3) is 0.312. The molecule has 0 radical (unpaired) electrons. The normalized spacial score (nSPS) is 28.8. The highest BCUT2D eigenvalue weighted by Gasteiger charge is 2.58. The number of carbonyl (C=O) groups is 3. The molecule has 8 heteroatoms. The molecule has 7 nitrogen and oxygen atoms in total. The Bertz CT molecular complexity index is 748. The maximum absolute atomic E-state index is 12.3.